The van der Waals surface area contributed by atoms with Crippen LogP contribution >= 0.6 is 7.60 Å². The Kier molecular flexibility index (Phi) is 6.83. The lowest BCUT2D eigenvalue weighted by atomic mass is 9.93. The summed E-state index contributed by atoms with van der Waals surface area (Å²) in [7, 11) is -2.90. The lowest BCUT2D eigenvalue weighted by Gasteiger charge is -2.34. The second kappa shape index (κ2) is 8.82. The summed E-state index contributed by atoms with van der Waals surface area (Å²) < 4.78 is 26.1. The summed E-state index contributed by atoms with van der Waals surface area (Å²) in [5.74, 6) is -1.61. The Morgan fingerprint density at radius 3 is 2.62 bits per heavy atom. The van der Waals surface area contributed by atoms with E-state index in [0.29, 0.717) is 0 Å². The molecule has 0 amide bonds. The number of anilines is 1. The van der Waals surface area contributed by atoms with E-state index in [-0.39, 0.29) is 36.4 Å². The predicted molar refractivity (Wildman–Crippen MR) is 114 cm³/mol. The highest BCUT2D eigenvalue weighted by Gasteiger charge is 2.48. The summed E-state index contributed by atoms with van der Waals surface area (Å²) in [6.07, 6.45) is -3.40. The second-order valence-electron chi connectivity index (χ2n) is 8.26. The van der Waals surface area contributed by atoms with Crippen LogP contribution in [0.5, 0.6) is 0 Å². The van der Waals surface area contributed by atoms with E-state index in [1.165, 1.54) is 17.9 Å². The normalized spacial score (nSPS) is 28.5. The molecule has 1 saturated heterocycles. The maximum atomic E-state index is 12.4. The van der Waals surface area contributed by atoms with E-state index >= 15 is 0 Å². The molecule has 1 aliphatic rings. The summed E-state index contributed by atoms with van der Waals surface area (Å²) in [5, 5.41) is 31.1. The number of nitrogens with zero attached hydrogens (tertiary/aromatic N) is 4. The zero-order chi connectivity index (χ0) is 24.0. The first kappa shape index (κ1) is 24.8. The Labute approximate surface area is 184 Å². The number of hydrogen-bond acceptors (Lipinski definition) is 10. The first-order chi connectivity index (χ1) is 14.8. The van der Waals surface area contributed by atoms with Crippen LogP contribution in [-0.2, 0) is 20.9 Å². The molecule has 3 heterocycles. The zero-order valence-electron chi connectivity index (χ0n) is 18.3. The van der Waals surface area contributed by atoms with Gasteiger partial charge in [0.25, 0.3) is 5.56 Å². The molecule has 0 saturated carbocycles. The molecule has 6 N–H and O–H groups in total. The smallest absolute Gasteiger partial charge is 0.356 e. The van der Waals surface area contributed by atoms with Crippen LogP contribution in [0, 0.1) is 0 Å². The fraction of sp³-hybridized carbons (Fsp3) is 0.722. The molecule has 0 radical (unpaired) electrons. The van der Waals surface area contributed by atoms with E-state index in [0.717, 1.165) is 4.57 Å². The van der Waals surface area contributed by atoms with Gasteiger partial charge in [-0.05, 0) is 19.8 Å². The summed E-state index contributed by atoms with van der Waals surface area (Å²) >= 11 is 0. The largest absolute Gasteiger partial charge is 0.388 e. The summed E-state index contributed by atoms with van der Waals surface area (Å²) in [6, 6.07) is 0. The third-order valence-electron chi connectivity index (χ3n) is 5.92. The van der Waals surface area contributed by atoms with Crippen LogP contribution in [0.1, 0.15) is 46.3 Å². The number of aliphatic hydroxyl groups excluding tert-OH is 3. The summed E-state index contributed by atoms with van der Waals surface area (Å²) in [4.78, 5) is 30.6. The lowest BCUT2D eigenvalue weighted by molar-refractivity contribution is -0.0667. The van der Waals surface area contributed by atoms with E-state index in [1.54, 1.807) is 20.8 Å². The molecule has 0 bridgehead atoms. The Morgan fingerprint density at radius 1 is 1.38 bits per heavy atom. The average Bonchev–Trinajstić information content (AvgIpc) is 3.27. The maximum absolute atomic E-state index is 12.4. The average molecular weight is 475 g/mol. The molecule has 0 aliphatic carbocycles. The first-order valence-corrected chi connectivity index (χ1v) is 11.9. The number of ether oxygens (including phenoxy) is 1. The van der Waals surface area contributed by atoms with Gasteiger partial charge in [0.1, 0.15) is 12.2 Å². The van der Waals surface area contributed by atoms with Crippen molar-refractivity contribution in [3.8, 4) is 0 Å². The van der Waals surface area contributed by atoms with Crippen LogP contribution in [0.4, 0.5) is 5.95 Å². The van der Waals surface area contributed by atoms with Gasteiger partial charge in [-0.15, -0.1) is 0 Å². The van der Waals surface area contributed by atoms with Crippen molar-refractivity contribution in [3.05, 3.63) is 16.7 Å². The summed E-state index contributed by atoms with van der Waals surface area (Å²) in [6.45, 7) is 4.83. The molecule has 3 unspecified atom stereocenters. The molecular weight excluding hydrogens is 445 g/mol. The van der Waals surface area contributed by atoms with Gasteiger partial charge in [-0.1, -0.05) is 13.8 Å². The quantitative estimate of drug-likeness (QED) is 0.318. The fourth-order valence-electron chi connectivity index (χ4n) is 3.66. The first-order valence-electron chi connectivity index (χ1n) is 10.3. The molecule has 2 aromatic rings. The van der Waals surface area contributed by atoms with Crippen molar-refractivity contribution in [2.75, 3.05) is 5.73 Å². The zero-order valence-corrected chi connectivity index (χ0v) is 19.2. The van der Waals surface area contributed by atoms with Gasteiger partial charge in [-0.25, -0.2) is 4.98 Å². The molecule has 32 heavy (non-hydrogen) atoms. The molecular formula is C18H30N5O8P. The van der Waals surface area contributed by atoms with Gasteiger partial charge < -0.3 is 35.2 Å². The van der Waals surface area contributed by atoms with Crippen molar-refractivity contribution in [1.82, 2.24) is 19.1 Å². The predicted octanol–water partition coefficient (Wildman–Crippen LogP) is -0.179. The maximum Gasteiger partial charge on any atom is 0.356 e. The Morgan fingerprint density at radius 2 is 2.03 bits per heavy atom. The van der Waals surface area contributed by atoms with Crippen molar-refractivity contribution in [2.45, 2.75) is 76.0 Å². The van der Waals surface area contributed by atoms with E-state index in [4.69, 9.17) is 15.0 Å². The molecule has 0 spiro atoms. The van der Waals surface area contributed by atoms with Crippen LogP contribution in [-0.4, -0.2) is 69.1 Å². The lowest BCUT2D eigenvalue weighted by Crippen LogP contribution is -2.39. The Hall–Kier alpha value is -1.86. The van der Waals surface area contributed by atoms with Crippen molar-refractivity contribution in [1.29, 1.82) is 0 Å². The molecule has 3 rings (SSSR count). The molecule has 2 aromatic heterocycles. The number of hydrogen-bond donors (Lipinski definition) is 5. The minimum Gasteiger partial charge on any atom is -0.388 e. The Balaban J connectivity index is 1.87. The Bertz CT molecular complexity index is 1090. The van der Waals surface area contributed by atoms with Crippen LogP contribution in [0.25, 0.3) is 11.2 Å². The highest BCUT2D eigenvalue weighted by Crippen LogP contribution is 2.53. The molecule has 14 heteroatoms. The van der Waals surface area contributed by atoms with Crippen LogP contribution < -0.4 is 11.3 Å². The van der Waals surface area contributed by atoms with Gasteiger partial charge in [-0.3, -0.25) is 18.5 Å². The molecule has 0 aromatic carbocycles. The van der Waals surface area contributed by atoms with E-state index < -0.39 is 49.1 Å². The molecule has 1 aliphatic heterocycles. The van der Waals surface area contributed by atoms with E-state index in [9.17, 15) is 29.6 Å². The number of nitrogen functional groups attached to an aromatic ring is 1. The van der Waals surface area contributed by atoms with Crippen molar-refractivity contribution in [2.24, 2.45) is 7.05 Å². The molecule has 180 valence electrons. The highest BCUT2D eigenvalue weighted by molar-refractivity contribution is 7.53. The number of aromatic nitrogens is 4. The number of fused-ring (bicyclic) bond motifs is 1. The summed E-state index contributed by atoms with van der Waals surface area (Å²) in [5.41, 5.74) is 4.16. The monoisotopic (exact) mass is 475 g/mol. The SMILES string of the molecule is CCC(O)P(=O)(O)OC(C)(CC)C[C@H]1O[C@@H](n2cnc3c(=O)n(C)c(N)nc32)[C@H](O)[C@@H]1O. The van der Waals surface area contributed by atoms with Gasteiger partial charge in [0.05, 0.1) is 18.0 Å². The van der Waals surface area contributed by atoms with Crippen LogP contribution in [0.3, 0.4) is 0 Å². The third kappa shape index (κ3) is 4.34. The minimum atomic E-state index is -4.35. The van der Waals surface area contributed by atoms with Gasteiger partial charge in [0, 0.05) is 13.5 Å². The van der Waals surface area contributed by atoms with E-state index in [1.807, 2.05) is 0 Å². The number of rotatable bonds is 8. The minimum absolute atomic E-state index is 0.0203. The van der Waals surface area contributed by atoms with Crippen molar-refractivity contribution in [3.63, 3.8) is 0 Å². The standard InChI is InChI=1S/C18H30N5O8P/c1-5-10(24)32(28,29)31-18(3,6-2)7-9-12(25)13(26)16(30-9)23-8-20-11-14(23)21-17(19)22(4)15(11)27/h8-10,12-13,16,24-26H,5-7H2,1-4H3,(H2,19,21)(H,28,29)/t9-,10?,12-,13-,16-,18?/m1/s1. The fourth-order valence-corrected chi connectivity index (χ4v) is 5.07. The van der Waals surface area contributed by atoms with Gasteiger partial charge in [0.2, 0.25) is 5.95 Å². The van der Waals surface area contributed by atoms with Crippen molar-refractivity contribution >= 4 is 24.7 Å². The van der Waals surface area contributed by atoms with Gasteiger partial charge in [0.15, 0.2) is 23.2 Å². The topological polar surface area (TPSA) is 195 Å². The number of imidazole rings is 1. The highest BCUT2D eigenvalue weighted by atomic mass is 31.2. The third-order valence-corrected chi connectivity index (χ3v) is 7.74. The molecule has 13 nitrogen and oxygen atoms in total. The van der Waals surface area contributed by atoms with Gasteiger partial charge >= 0.3 is 7.60 Å². The number of aliphatic hydroxyl groups is 3. The molecule has 7 atom stereocenters. The second-order valence-corrected chi connectivity index (χ2v) is 10.2. The molecule has 1 fully saturated rings. The van der Waals surface area contributed by atoms with Gasteiger partial charge in [-0.2, -0.15) is 4.98 Å². The van der Waals surface area contributed by atoms with E-state index in [2.05, 4.69) is 9.97 Å². The van der Waals surface area contributed by atoms with Crippen molar-refractivity contribution < 1.29 is 34.0 Å². The number of nitrogens with two attached hydrogens (primary N) is 1. The van der Waals surface area contributed by atoms with Crippen LogP contribution in [0.2, 0.25) is 0 Å². The van der Waals surface area contributed by atoms with Crippen LogP contribution in [0.15, 0.2) is 11.1 Å².